The fourth-order valence-corrected chi connectivity index (χ4v) is 0.527. The number of unbranched alkanes of at least 4 members (excludes halogenated alkanes) is 1. The van der Waals surface area contributed by atoms with Crippen LogP contribution in [0.15, 0.2) is 0 Å². The molecule has 60 valence electrons. The Morgan fingerprint density at radius 2 is 2.30 bits per heavy atom. The molecule has 0 saturated carbocycles. The fourth-order valence-electron chi connectivity index (χ4n) is 0.527. The van der Waals surface area contributed by atoms with Crippen molar-refractivity contribution in [3.63, 3.8) is 0 Å². The molecule has 0 saturated heterocycles. The molecule has 0 bridgehead atoms. The Kier molecular flexibility index (Phi) is 6.18. The Morgan fingerprint density at radius 3 is 2.80 bits per heavy atom. The summed E-state index contributed by atoms with van der Waals surface area (Å²) in [6.07, 6.45) is 2.29. The lowest BCUT2D eigenvalue weighted by molar-refractivity contribution is -0.141. The molecule has 0 fully saturated rings. The first kappa shape index (κ1) is 9.43. The molecule has 0 rings (SSSR count). The quantitative estimate of drug-likeness (QED) is 0.355. The van der Waals surface area contributed by atoms with Gasteiger partial charge in [-0.15, -0.1) is 0 Å². The van der Waals surface area contributed by atoms with Crippen molar-refractivity contribution in [2.75, 3.05) is 13.3 Å². The van der Waals surface area contributed by atoms with Crippen LogP contribution in [-0.4, -0.2) is 19.2 Å². The van der Waals surface area contributed by atoms with Crippen LogP contribution < -0.4 is 5.32 Å². The minimum Gasteiger partial charge on any atom is -0.450 e. The van der Waals surface area contributed by atoms with E-state index in [1.54, 1.807) is 0 Å². The number of carbonyl (C=O) groups excluding carboxylic acids is 1. The van der Waals surface area contributed by atoms with Crippen molar-refractivity contribution in [1.82, 2.24) is 5.32 Å². The maximum Gasteiger partial charge on any atom is 0.303 e. The van der Waals surface area contributed by atoms with Crippen molar-refractivity contribution in [3.05, 3.63) is 0 Å². The third kappa shape index (κ3) is 7.43. The van der Waals surface area contributed by atoms with Crippen molar-refractivity contribution < 1.29 is 9.53 Å². The number of esters is 1. The predicted molar refractivity (Wildman–Crippen MR) is 39.5 cm³/mol. The van der Waals surface area contributed by atoms with E-state index in [0.717, 1.165) is 19.4 Å². The van der Waals surface area contributed by atoms with Gasteiger partial charge in [-0.3, -0.25) is 10.1 Å². The maximum absolute atomic E-state index is 10.2. The second-order valence-electron chi connectivity index (χ2n) is 2.13. The summed E-state index contributed by atoms with van der Waals surface area (Å²) in [5.41, 5.74) is 0. The Morgan fingerprint density at radius 1 is 1.60 bits per heavy atom. The first-order valence-electron chi connectivity index (χ1n) is 3.61. The Bertz CT molecular complexity index is 93.6. The highest BCUT2D eigenvalue weighted by Crippen LogP contribution is 1.81. The molecule has 0 atom stereocenters. The minimum atomic E-state index is -0.232. The normalized spacial score (nSPS) is 9.40. The van der Waals surface area contributed by atoms with Crippen molar-refractivity contribution in [1.29, 1.82) is 0 Å². The Hall–Kier alpha value is -0.570. The van der Waals surface area contributed by atoms with Crippen LogP contribution in [0, 0.1) is 0 Å². The van der Waals surface area contributed by atoms with Gasteiger partial charge in [0.05, 0.1) is 0 Å². The van der Waals surface area contributed by atoms with Crippen LogP contribution in [0.1, 0.15) is 26.7 Å². The summed E-state index contributed by atoms with van der Waals surface area (Å²) >= 11 is 0. The van der Waals surface area contributed by atoms with E-state index >= 15 is 0 Å². The summed E-state index contributed by atoms with van der Waals surface area (Å²) in [6, 6.07) is 0. The van der Waals surface area contributed by atoms with Crippen LogP contribution >= 0.6 is 0 Å². The smallest absolute Gasteiger partial charge is 0.303 e. The monoisotopic (exact) mass is 145 g/mol. The van der Waals surface area contributed by atoms with E-state index in [4.69, 9.17) is 0 Å². The topological polar surface area (TPSA) is 38.3 Å². The molecule has 10 heavy (non-hydrogen) atoms. The van der Waals surface area contributed by atoms with Crippen LogP contribution in [-0.2, 0) is 9.53 Å². The van der Waals surface area contributed by atoms with Gasteiger partial charge in [0.1, 0.15) is 6.73 Å². The van der Waals surface area contributed by atoms with Crippen molar-refractivity contribution in [2.45, 2.75) is 26.7 Å². The van der Waals surface area contributed by atoms with Gasteiger partial charge in [0.25, 0.3) is 0 Å². The van der Waals surface area contributed by atoms with E-state index in [0.29, 0.717) is 6.73 Å². The lowest BCUT2D eigenvalue weighted by Crippen LogP contribution is -2.20. The van der Waals surface area contributed by atoms with E-state index in [9.17, 15) is 4.79 Å². The molecule has 3 heteroatoms. The number of nitrogens with one attached hydrogen (secondary N) is 1. The van der Waals surface area contributed by atoms with Gasteiger partial charge in [-0.25, -0.2) is 0 Å². The van der Waals surface area contributed by atoms with Gasteiger partial charge < -0.3 is 4.74 Å². The molecule has 0 aromatic heterocycles. The first-order chi connectivity index (χ1) is 4.77. The maximum atomic E-state index is 10.2. The van der Waals surface area contributed by atoms with Gasteiger partial charge in [-0.1, -0.05) is 13.3 Å². The van der Waals surface area contributed by atoms with Gasteiger partial charge in [-0.05, 0) is 13.0 Å². The highest BCUT2D eigenvalue weighted by Gasteiger charge is 1.89. The van der Waals surface area contributed by atoms with Crippen LogP contribution in [0.3, 0.4) is 0 Å². The number of hydrogen-bond acceptors (Lipinski definition) is 3. The van der Waals surface area contributed by atoms with Gasteiger partial charge in [-0.2, -0.15) is 0 Å². The van der Waals surface area contributed by atoms with E-state index in [2.05, 4.69) is 17.0 Å². The Balaban J connectivity index is 2.84. The first-order valence-corrected chi connectivity index (χ1v) is 3.61. The number of carbonyl (C=O) groups is 1. The predicted octanol–water partition coefficient (Wildman–Crippen LogP) is 0.897. The molecular formula is C7H15NO2. The molecular weight excluding hydrogens is 130 g/mol. The fraction of sp³-hybridized carbons (Fsp3) is 0.857. The molecule has 0 heterocycles. The number of hydrogen-bond donors (Lipinski definition) is 1. The average molecular weight is 145 g/mol. The zero-order chi connectivity index (χ0) is 7.82. The van der Waals surface area contributed by atoms with Crippen LogP contribution in [0.2, 0.25) is 0 Å². The zero-order valence-corrected chi connectivity index (χ0v) is 6.64. The second-order valence-corrected chi connectivity index (χ2v) is 2.13. The molecule has 0 radical (unpaired) electrons. The van der Waals surface area contributed by atoms with E-state index in [-0.39, 0.29) is 5.97 Å². The average Bonchev–Trinajstić information content (AvgIpc) is 1.87. The van der Waals surface area contributed by atoms with Gasteiger partial charge in [0.2, 0.25) is 0 Å². The lowest BCUT2D eigenvalue weighted by Gasteiger charge is -2.02. The molecule has 0 aromatic carbocycles. The standard InChI is InChI=1S/C7H15NO2/c1-3-4-5-8-6-10-7(2)9/h8H,3-6H2,1-2H3. The third-order valence-corrected chi connectivity index (χ3v) is 1.08. The molecule has 0 aliphatic rings. The van der Waals surface area contributed by atoms with Crippen molar-refractivity contribution in [3.8, 4) is 0 Å². The van der Waals surface area contributed by atoms with Gasteiger partial charge in [0, 0.05) is 6.92 Å². The van der Waals surface area contributed by atoms with Crippen molar-refractivity contribution >= 4 is 5.97 Å². The molecule has 0 aliphatic heterocycles. The van der Waals surface area contributed by atoms with E-state index in [1.807, 2.05) is 0 Å². The molecule has 0 unspecified atom stereocenters. The highest BCUT2D eigenvalue weighted by atomic mass is 16.5. The summed E-state index contributed by atoms with van der Waals surface area (Å²) < 4.78 is 4.64. The van der Waals surface area contributed by atoms with E-state index < -0.39 is 0 Å². The van der Waals surface area contributed by atoms with Crippen LogP contribution in [0.25, 0.3) is 0 Å². The van der Waals surface area contributed by atoms with Gasteiger partial charge in [0.15, 0.2) is 0 Å². The number of ether oxygens (including phenoxy) is 1. The summed E-state index contributed by atoms with van der Waals surface area (Å²) in [5.74, 6) is -0.232. The zero-order valence-electron chi connectivity index (χ0n) is 6.64. The third-order valence-electron chi connectivity index (χ3n) is 1.08. The molecule has 0 aromatic rings. The molecule has 0 aliphatic carbocycles. The van der Waals surface area contributed by atoms with Crippen molar-refractivity contribution in [2.24, 2.45) is 0 Å². The summed E-state index contributed by atoms with van der Waals surface area (Å²) in [4.78, 5) is 10.2. The van der Waals surface area contributed by atoms with E-state index in [1.165, 1.54) is 6.92 Å². The molecule has 0 spiro atoms. The number of rotatable bonds is 5. The summed E-state index contributed by atoms with van der Waals surface area (Å²) in [6.45, 7) is 4.79. The Labute approximate surface area is 61.8 Å². The molecule has 0 amide bonds. The second kappa shape index (κ2) is 6.55. The van der Waals surface area contributed by atoms with Crippen LogP contribution in [0.4, 0.5) is 0 Å². The molecule has 3 nitrogen and oxygen atoms in total. The molecule has 1 N–H and O–H groups in total. The highest BCUT2D eigenvalue weighted by molar-refractivity contribution is 5.65. The summed E-state index contributed by atoms with van der Waals surface area (Å²) in [7, 11) is 0. The lowest BCUT2D eigenvalue weighted by atomic mass is 10.3. The van der Waals surface area contributed by atoms with Crippen LogP contribution in [0.5, 0.6) is 0 Å². The summed E-state index contributed by atoms with van der Waals surface area (Å²) in [5, 5.41) is 2.97. The largest absolute Gasteiger partial charge is 0.450 e. The van der Waals surface area contributed by atoms with Gasteiger partial charge >= 0.3 is 5.97 Å². The SMILES string of the molecule is CCCCNCOC(C)=O. The minimum absolute atomic E-state index is 0.232.